The van der Waals surface area contributed by atoms with Gasteiger partial charge in [0.05, 0.1) is 0 Å². The molecule has 0 heterocycles. The highest BCUT2D eigenvalue weighted by Gasteiger charge is 2.42. The minimum absolute atomic E-state index is 0.0228. The van der Waals surface area contributed by atoms with Gasteiger partial charge in [0.1, 0.15) is 6.04 Å². The zero-order valence-electron chi connectivity index (χ0n) is 12.0. The molecule has 0 aromatic rings. The predicted octanol–water partition coefficient (Wildman–Crippen LogP) is 2.43. The van der Waals surface area contributed by atoms with Crippen LogP contribution in [0, 0.1) is 16.7 Å². The second-order valence-electron chi connectivity index (χ2n) is 7.08. The van der Waals surface area contributed by atoms with Gasteiger partial charge < -0.3 is 10.4 Å². The van der Waals surface area contributed by atoms with Crippen LogP contribution < -0.4 is 5.32 Å². The Balaban J connectivity index is 2.77. The van der Waals surface area contributed by atoms with Crippen LogP contribution in [0.4, 0.5) is 0 Å². The third-order valence-electron chi connectivity index (χ3n) is 3.97. The first-order chi connectivity index (χ1) is 8.05. The highest BCUT2D eigenvalue weighted by atomic mass is 16.4. The molecule has 1 rings (SSSR count). The maximum atomic E-state index is 12.2. The van der Waals surface area contributed by atoms with Crippen molar-refractivity contribution in [1.29, 1.82) is 0 Å². The minimum Gasteiger partial charge on any atom is -0.480 e. The lowest BCUT2D eigenvalue weighted by Crippen LogP contribution is -2.51. The van der Waals surface area contributed by atoms with E-state index in [1.807, 2.05) is 20.8 Å². The third kappa shape index (κ3) is 3.24. The molecule has 2 N–H and O–H groups in total. The lowest BCUT2D eigenvalue weighted by Gasteiger charge is -2.32. The average molecular weight is 255 g/mol. The van der Waals surface area contributed by atoms with Gasteiger partial charge in [-0.25, -0.2) is 4.79 Å². The average Bonchev–Trinajstić information content (AvgIpc) is 2.51. The largest absolute Gasteiger partial charge is 0.480 e. The number of hydrogen-bond donors (Lipinski definition) is 2. The number of amides is 1. The first kappa shape index (κ1) is 15.0. The number of aliphatic carboxylic acids is 1. The van der Waals surface area contributed by atoms with Gasteiger partial charge in [-0.2, -0.15) is 0 Å². The molecule has 2 unspecified atom stereocenters. The summed E-state index contributed by atoms with van der Waals surface area (Å²) in [6.45, 7) is 9.64. The van der Waals surface area contributed by atoms with E-state index >= 15 is 0 Å². The molecule has 1 aliphatic carbocycles. The SMILES string of the molecule is CC(C)(C)C(NC(=O)C1CCCC1(C)C)C(=O)O. The first-order valence-corrected chi connectivity index (χ1v) is 6.59. The molecule has 2 atom stereocenters. The summed E-state index contributed by atoms with van der Waals surface area (Å²) in [7, 11) is 0. The Hall–Kier alpha value is -1.06. The van der Waals surface area contributed by atoms with Gasteiger partial charge in [0.25, 0.3) is 0 Å². The van der Waals surface area contributed by atoms with Crippen molar-refractivity contribution in [3.8, 4) is 0 Å². The van der Waals surface area contributed by atoms with Gasteiger partial charge in [0.2, 0.25) is 5.91 Å². The van der Waals surface area contributed by atoms with Gasteiger partial charge in [0.15, 0.2) is 0 Å². The molecule has 18 heavy (non-hydrogen) atoms. The van der Waals surface area contributed by atoms with Gasteiger partial charge in [-0.1, -0.05) is 41.0 Å². The first-order valence-electron chi connectivity index (χ1n) is 6.59. The Kier molecular flexibility index (Phi) is 4.08. The zero-order valence-corrected chi connectivity index (χ0v) is 12.0. The van der Waals surface area contributed by atoms with Crippen LogP contribution in [0.15, 0.2) is 0 Å². The summed E-state index contributed by atoms with van der Waals surface area (Å²) in [5.41, 5.74) is -0.505. The van der Waals surface area contributed by atoms with Crippen molar-refractivity contribution in [2.45, 2.75) is 59.9 Å². The fraction of sp³-hybridized carbons (Fsp3) is 0.857. The molecule has 1 fully saturated rings. The summed E-state index contributed by atoms with van der Waals surface area (Å²) < 4.78 is 0. The molecule has 1 saturated carbocycles. The standard InChI is InChI=1S/C14H25NO3/c1-13(2,3)10(12(17)18)15-11(16)9-7-6-8-14(9,4)5/h9-10H,6-8H2,1-5H3,(H,15,16)(H,17,18). The van der Waals surface area contributed by atoms with E-state index in [9.17, 15) is 14.7 Å². The predicted molar refractivity (Wildman–Crippen MR) is 70.1 cm³/mol. The molecule has 104 valence electrons. The summed E-state index contributed by atoms with van der Waals surface area (Å²) in [5.74, 6) is -1.15. The molecule has 1 aliphatic rings. The molecule has 0 saturated heterocycles. The summed E-state index contributed by atoms with van der Waals surface area (Å²) in [6.07, 6.45) is 2.92. The van der Waals surface area contributed by atoms with Crippen LogP contribution in [0.1, 0.15) is 53.9 Å². The molecular formula is C14H25NO3. The molecular weight excluding hydrogens is 230 g/mol. The van der Waals surface area contributed by atoms with E-state index in [1.54, 1.807) is 0 Å². The Morgan fingerprint density at radius 2 is 1.89 bits per heavy atom. The molecule has 1 amide bonds. The van der Waals surface area contributed by atoms with E-state index in [-0.39, 0.29) is 17.2 Å². The van der Waals surface area contributed by atoms with Crippen molar-refractivity contribution in [2.75, 3.05) is 0 Å². The van der Waals surface area contributed by atoms with Gasteiger partial charge >= 0.3 is 5.97 Å². The smallest absolute Gasteiger partial charge is 0.326 e. The maximum absolute atomic E-state index is 12.2. The summed E-state index contributed by atoms with van der Waals surface area (Å²) in [5, 5.41) is 11.9. The summed E-state index contributed by atoms with van der Waals surface area (Å²) in [4.78, 5) is 23.5. The minimum atomic E-state index is -0.966. The van der Waals surface area contributed by atoms with Crippen molar-refractivity contribution >= 4 is 11.9 Å². The van der Waals surface area contributed by atoms with Crippen molar-refractivity contribution in [2.24, 2.45) is 16.7 Å². The highest BCUT2D eigenvalue weighted by Crippen LogP contribution is 2.42. The molecule has 0 bridgehead atoms. The topological polar surface area (TPSA) is 66.4 Å². The molecule has 0 aromatic heterocycles. The Morgan fingerprint density at radius 1 is 1.33 bits per heavy atom. The van der Waals surface area contributed by atoms with Gasteiger partial charge in [-0.05, 0) is 23.7 Å². The molecule has 0 aliphatic heterocycles. The summed E-state index contributed by atoms with van der Waals surface area (Å²) in [6, 6.07) is -0.832. The fourth-order valence-electron chi connectivity index (χ4n) is 2.70. The molecule has 0 radical (unpaired) electrons. The van der Waals surface area contributed by atoms with E-state index in [2.05, 4.69) is 19.2 Å². The maximum Gasteiger partial charge on any atom is 0.326 e. The fourth-order valence-corrected chi connectivity index (χ4v) is 2.70. The highest BCUT2D eigenvalue weighted by molar-refractivity contribution is 5.86. The lowest BCUT2D eigenvalue weighted by atomic mass is 9.80. The van der Waals surface area contributed by atoms with E-state index in [4.69, 9.17) is 0 Å². The number of hydrogen-bond acceptors (Lipinski definition) is 2. The van der Waals surface area contributed by atoms with Crippen LogP contribution in [-0.2, 0) is 9.59 Å². The van der Waals surface area contributed by atoms with Crippen molar-refractivity contribution < 1.29 is 14.7 Å². The molecule has 4 heteroatoms. The van der Waals surface area contributed by atoms with Gasteiger partial charge in [-0.15, -0.1) is 0 Å². The summed E-state index contributed by atoms with van der Waals surface area (Å²) >= 11 is 0. The van der Waals surface area contributed by atoms with Crippen LogP contribution in [0.3, 0.4) is 0 Å². The van der Waals surface area contributed by atoms with Crippen LogP contribution in [0.5, 0.6) is 0 Å². The second-order valence-corrected chi connectivity index (χ2v) is 7.08. The molecule has 0 aromatic carbocycles. The zero-order chi connectivity index (χ0) is 14.1. The number of carbonyl (C=O) groups excluding carboxylic acids is 1. The Bertz CT molecular complexity index is 341. The van der Waals surface area contributed by atoms with E-state index in [0.717, 1.165) is 19.3 Å². The number of rotatable bonds is 3. The van der Waals surface area contributed by atoms with Crippen LogP contribution in [0.25, 0.3) is 0 Å². The number of nitrogens with one attached hydrogen (secondary N) is 1. The number of carbonyl (C=O) groups is 2. The van der Waals surface area contributed by atoms with Crippen LogP contribution in [0.2, 0.25) is 0 Å². The van der Waals surface area contributed by atoms with E-state index < -0.39 is 17.4 Å². The van der Waals surface area contributed by atoms with Crippen LogP contribution in [-0.4, -0.2) is 23.0 Å². The van der Waals surface area contributed by atoms with Gasteiger partial charge in [0, 0.05) is 5.92 Å². The van der Waals surface area contributed by atoms with Crippen molar-refractivity contribution in [3.05, 3.63) is 0 Å². The molecule has 4 nitrogen and oxygen atoms in total. The van der Waals surface area contributed by atoms with E-state index in [1.165, 1.54) is 0 Å². The normalized spacial score (nSPS) is 24.6. The number of carboxylic acids is 1. The lowest BCUT2D eigenvalue weighted by molar-refractivity contribution is -0.146. The third-order valence-corrected chi connectivity index (χ3v) is 3.97. The monoisotopic (exact) mass is 255 g/mol. The number of carboxylic acid groups (broad SMARTS) is 1. The van der Waals surface area contributed by atoms with E-state index in [0.29, 0.717) is 0 Å². The second kappa shape index (κ2) is 4.90. The Labute approximate surface area is 109 Å². The van der Waals surface area contributed by atoms with Crippen molar-refractivity contribution in [1.82, 2.24) is 5.32 Å². The Morgan fingerprint density at radius 3 is 2.22 bits per heavy atom. The quantitative estimate of drug-likeness (QED) is 0.814. The molecule has 0 spiro atoms. The van der Waals surface area contributed by atoms with Crippen molar-refractivity contribution in [3.63, 3.8) is 0 Å². The van der Waals surface area contributed by atoms with Crippen LogP contribution >= 0.6 is 0 Å². The van der Waals surface area contributed by atoms with Gasteiger partial charge in [-0.3, -0.25) is 4.79 Å².